The maximum atomic E-state index is 13.7. The van der Waals surface area contributed by atoms with Crippen LogP contribution in [-0.2, 0) is 6.42 Å². The van der Waals surface area contributed by atoms with Gasteiger partial charge in [0.1, 0.15) is 0 Å². The summed E-state index contributed by atoms with van der Waals surface area (Å²) in [7, 11) is 0. The topological polar surface area (TPSA) is 12.0 Å². The zero-order valence-electron chi connectivity index (χ0n) is 10.7. The fourth-order valence-corrected chi connectivity index (χ4v) is 4.16. The van der Waals surface area contributed by atoms with Crippen LogP contribution < -0.4 is 5.32 Å². The van der Waals surface area contributed by atoms with Crippen molar-refractivity contribution in [1.82, 2.24) is 5.32 Å². The SMILES string of the molecule is CCNC(Cc1sccc1Br)c1ccc(F)c(F)c1Br. The molecule has 0 aliphatic heterocycles. The Labute approximate surface area is 137 Å². The van der Waals surface area contributed by atoms with Crippen LogP contribution in [0.1, 0.15) is 23.4 Å². The molecule has 0 amide bonds. The molecule has 6 heteroatoms. The van der Waals surface area contributed by atoms with E-state index in [0.29, 0.717) is 0 Å². The van der Waals surface area contributed by atoms with E-state index in [1.165, 1.54) is 10.9 Å². The lowest BCUT2D eigenvalue weighted by Gasteiger charge is -2.20. The average Bonchev–Trinajstić information content (AvgIpc) is 2.82. The second kappa shape index (κ2) is 7.11. The maximum Gasteiger partial charge on any atom is 0.173 e. The summed E-state index contributed by atoms with van der Waals surface area (Å²) in [5, 5.41) is 5.32. The van der Waals surface area contributed by atoms with Gasteiger partial charge in [-0.05, 0) is 61.5 Å². The molecular formula is C14H13Br2F2NS. The minimum atomic E-state index is -0.840. The van der Waals surface area contributed by atoms with Crippen molar-refractivity contribution in [3.8, 4) is 0 Å². The number of nitrogens with one attached hydrogen (secondary N) is 1. The Bertz CT molecular complexity index is 601. The summed E-state index contributed by atoms with van der Waals surface area (Å²) in [5.41, 5.74) is 0.728. The summed E-state index contributed by atoms with van der Waals surface area (Å²) < 4.78 is 28.1. The lowest BCUT2D eigenvalue weighted by atomic mass is 10.0. The zero-order chi connectivity index (χ0) is 14.7. The molecule has 0 aliphatic carbocycles. The molecule has 0 fully saturated rings. The van der Waals surface area contributed by atoms with E-state index >= 15 is 0 Å². The van der Waals surface area contributed by atoms with Gasteiger partial charge >= 0.3 is 0 Å². The Kier molecular flexibility index (Phi) is 5.72. The Morgan fingerprint density at radius 1 is 1.25 bits per heavy atom. The van der Waals surface area contributed by atoms with E-state index in [2.05, 4.69) is 37.2 Å². The van der Waals surface area contributed by atoms with Crippen LogP contribution in [0.25, 0.3) is 0 Å². The molecule has 1 heterocycles. The molecule has 0 aliphatic rings. The molecular weight excluding hydrogens is 412 g/mol. The van der Waals surface area contributed by atoms with Crippen LogP contribution in [0, 0.1) is 11.6 Å². The van der Waals surface area contributed by atoms with Crippen molar-refractivity contribution in [3.63, 3.8) is 0 Å². The van der Waals surface area contributed by atoms with E-state index in [1.54, 1.807) is 17.4 Å². The smallest absolute Gasteiger partial charge is 0.173 e. The quantitative estimate of drug-likeness (QED) is 0.629. The van der Waals surface area contributed by atoms with E-state index in [4.69, 9.17) is 0 Å². The fraction of sp³-hybridized carbons (Fsp3) is 0.286. The van der Waals surface area contributed by atoms with Gasteiger partial charge < -0.3 is 5.32 Å². The number of benzene rings is 1. The van der Waals surface area contributed by atoms with Crippen molar-refractivity contribution in [3.05, 3.63) is 54.6 Å². The summed E-state index contributed by atoms with van der Waals surface area (Å²) in [6, 6.07) is 4.71. The predicted octanol–water partition coefficient (Wildman–Crippen LogP) is 5.44. The molecule has 108 valence electrons. The van der Waals surface area contributed by atoms with Crippen LogP contribution >= 0.6 is 43.2 Å². The normalized spacial score (nSPS) is 12.7. The van der Waals surface area contributed by atoms with E-state index < -0.39 is 11.6 Å². The van der Waals surface area contributed by atoms with Crippen molar-refractivity contribution in [1.29, 1.82) is 0 Å². The van der Waals surface area contributed by atoms with Crippen LogP contribution in [0.15, 0.2) is 32.5 Å². The molecule has 1 nitrogen and oxygen atoms in total. The molecule has 0 spiro atoms. The first-order valence-electron chi connectivity index (χ1n) is 6.13. The van der Waals surface area contributed by atoms with Crippen molar-refractivity contribution >= 4 is 43.2 Å². The average molecular weight is 425 g/mol. The molecule has 0 radical (unpaired) electrons. The van der Waals surface area contributed by atoms with Crippen molar-refractivity contribution < 1.29 is 8.78 Å². The van der Waals surface area contributed by atoms with Gasteiger partial charge in [-0.15, -0.1) is 11.3 Å². The van der Waals surface area contributed by atoms with Crippen LogP contribution in [0.4, 0.5) is 8.78 Å². The van der Waals surface area contributed by atoms with E-state index in [1.807, 2.05) is 18.4 Å². The summed E-state index contributed by atoms with van der Waals surface area (Å²) in [4.78, 5) is 1.17. The van der Waals surface area contributed by atoms with Crippen LogP contribution in [0.5, 0.6) is 0 Å². The van der Waals surface area contributed by atoms with E-state index in [9.17, 15) is 8.78 Å². The Hall–Kier alpha value is -0.300. The standard InChI is InChI=1S/C14H13Br2F2NS/c1-2-19-11(7-12-9(15)5-6-20-12)8-3-4-10(17)14(18)13(8)16/h3-6,11,19H,2,7H2,1H3. The Morgan fingerprint density at radius 2 is 2.00 bits per heavy atom. The lowest BCUT2D eigenvalue weighted by Crippen LogP contribution is -2.23. The minimum Gasteiger partial charge on any atom is -0.310 e. The Balaban J connectivity index is 2.34. The highest BCUT2D eigenvalue weighted by molar-refractivity contribution is 9.10. The van der Waals surface area contributed by atoms with Crippen molar-refractivity contribution in [2.75, 3.05) is 6.54 Å². The van der Waals surface area contributed by atoms with Gasteiger partial charge in [0.2, 0.25) is 0 Å². The number of halogens is 4. The highest BCUT2D eigenvalue weighted by Crippen LogP contribution is 2.33. The van der Waals surface area contributed by atoms with Crippen LogP contribution in [0.3, 0.4) is 0 Å². The summed E-state index contributed by atoms with van der Waals surface area (Å²) in [5.74, 6) is -1.68. The minimum absolute atomic E-state index is 0.0700. The monoisotopic (exact) mass is 423 g/mol. The van der Waals surface area contributed by atoms with Crippen LogP contribution in [0.2, 0.25) is 0 Å². The number of likely N-dealkylation sites (N-methyl/N-ethyl adjacent to an activating group) is 1. The summed E-state index contributed by atoms with van der Waals surface area (Å²) in [6.07, 6.45) is 0.718. The second-order valence-electron chi connectivity index (χ2n) is 4.27. The largest absolute Gasteiger partial charge is 0.310 e. The van der Waals surface area contributed by atoms with E-state index in [-0.39, 0.29) is 10.5 Å². The maximum absolute atomic E-state index is 13.7. The molecule has 1 unspecified atom stereocenters. The number of hydrogen-bond acceptors (Lipinski definition) is 2. The third kappa shape index (κ3) is 3.47. The van der Waals surface area contributed by atoms with Gasteiger partial charge in [0.05, 0.1) is 4.47 Å². The highest BCUT2D eigenvalue weighted by atomic mass is 79.9. The molecule has 0 bridgehead atoms. The number of rotatable bonds is 5. The zero-order valence-corrected chi connectivity index (χ0v) is 14.7. The Morgan fingerprint density at radius 3 is 2.60 bits per heavy atom. The first-order valence-corrected chi connectivity index (χ1v) is 8.59. The molecule has 0 saturated heterocycles. The fourth-order valence-electron chi connectivity index (χ4n) is 2.00. The first-order chi connectivity index (χ1) is 9.54. The molecule has 1 atom stereocenters. The van der Waals surface area contributed by atoms with Crippen molar-refractivity contribution in [2.45, 2.75) is 19.4 Å². The third-order valence-electron chi connectivity index (χ3n) is 2.97. The van der Waals surface area contributed by atoms with E-state index in [0.717, 1.165) is 23.0 Å². The van der Waals surface area contributed by atoms with Gasteiger partial charge in [-0.1, -0.05) is 13.0 Å². The number of thiophene rings is 1. The van der Waals surface area contributed by atoms with Gasteiger partial charge in [-0.25, -0.2) is 8.78 Å². The number of hydrogen-bond donors (Lipinski definition) is 1. The van der Waals surface area contributed by atoms with Crippen LogP contribution in [-0.4, -0.2) is 6.54 Å². The molecule has 1 N–H and O–H groups in total. The van der Waals surface area contributed by atoms with Gasteiger partial charge in [0.25, 0.3) is 0 Å². The molecule has 0 saturated carbocycles. The molecule has 1 aromatic carbocycles. The summed E-state index contributed by atoms with van der Waals surface area (Å²) >= 11 is 8.30. The molecule has 20 heavy (non-hydrogen) atoms. The molecule has 2 rings (SSSR count). The van der Waals surface area contributed by atoms with Gasteiger partial charge in [0, 0.05) is 21.8 Å². The highest BCUT2D eigenvalue weighted by Gasteiger charge is 2.20. The van der Waals surface area contributed by atoms with Gasteiger partial charge in [-0.3, -0.25) is 0 Å². The summed E-state index contributed by atoms with van der Waals surface area (Å²) in [6.45, 7) is 2.74. The third-order valence-corrected chi connectivity index (χ3v) is 5.73. The lowest BCUT2D eigenvalue weighted by molar-refractivity contribution is 0.491. The second-order valence-corrected chi connectivity index (χ2v) is 6.92. The molecule has 2 aromatic rings. The van der Waals surface area contributed by atoms with Crippen molar-refractivity contribution in [2.24, 2.45) is 0 Å². The molecule has 1 aromatic heterocycles. The van der Waals surface area contributed by atoms with Gasteiger partial charge in [-0.2, -0.15) is 0 Å². The first kappa shape index (κ1) is 16.1. The van der Waals surface area contributed by atoms with Gasteiger partial charge in [0.15, 0.2) is 11.6 Å². The predicted molar refractivity (Wildman–Crippen MR) is 86.2 cm³/mol.